The molecular formula is C20H27N3O2S. The highest BCUT2D eigenvalue weighted by atomic mass is 32.1. The van der Waals surface area contributed by atoms with Crippen molar-refractivity contribution in [3.05, 3.63) is 45.9 Å². The van der Waals surface area contributed by atoms with Crippen molar-refractivity contribution in [2.75, 3.05) is 26.7 Å². The van der Waals surface area contributed by atoms with Crippen LogP contribution in [0.25, 0.3) is 0 Å². The molecule has 1 N–H and O–H groups in total. The summed E-state index contributed by atoms with van der Waals surface area (Å²) in [6.07, 6.45) is 3.37. The molecule has 0 unspecified atom stereocenters. The summed E-state index contributed by atoms with van der Waals surface area (Å²) in [6.45, 7) is 5.15. The van der Waals surface area contributed by atoms with Crippen LogP contribution in [0.1, 0.15) is 40.3 Å². The van der Waals surface area contributed by atoms with Crippen LogP contribution >= 0.6 is 11.3 Å². The molecule has 1 aromatic heterocycles. The highest BCUT2D eigenvalue weighted by Gasteiger charge is 2.23. The third-order valence-corrected chi connectivity index (χ3v) is 5.66. The Labute approximate surface area is 159 Å². The number of amides is 1. The van der Waals surface area contributed by atoms with Gasteiger partial charge in [-0.15, -0.1) is 11.3 Å². The first-order valence-corrected chi connectivity index (χ1v) is 10.1. The normalized spacial score (nSPS) is 15.2. The van der Waals surface area contributed by atoms with E-state index in [1.54, 1.807) is 11.3 Å². The number of aromatic nitrogens is 1. The first-order valence-electron chi connectivity index (χ1n) is 9.23. The zero-order valence-corrected chi connectivity index (χ0v) is 16.3. The van der Waals surface area contributed by atoms with Gasteiger partial charge >= 0.3 is 0 Å². The summed E-state index contributed by atoms with van der Waals surface area (Å²) < 4.78 is 5.81. The maximum Gasteiger partial charge on any atom is 0.253 e. The lowest BCUT2D eigenvalue weighted by molar-refractivity contribution is 0.0686. The number of rotatable bonds is 7. The van der Waals surface area contributed by atoms with E-state index in [-0.39, 0.29) is 5.91 Å². The van der Waals surface area contributed by atoms with Crippen LogP contribution in [-0.4, -0.2) is 42.5 Å². The molecular weight excluding hydrogens is 346 g/mol. The average Bonchev–Trinajstić information content (AvgIpc) is 3.10. The Bertz CT molecular complexity index is 723. The minimum atomic E-state index is 0.104. The zero-order valence-electron chi connectivity index (χ0n) is 15.5. The Balaban J connectivity index is 1.55. The Kier molecular flexibility index (Phi) is 6.63. The molecule has 2 heterocycles. The molecule has 2 aromatic rings. The molecule has 0 spiro atoms. The summed E-state index contributed by atoms with van der Waals surface area (Å²) >= 11 is 1.62. The lowest BCUT2D eigenvalue weighted by Gasteiger charge is -2.32. The van der Waals surface area contributed by atoms with Gasteiger partial charge in [0.15, 0.2) is 0 Å². The molecule has 6 heteroatoms. The van der Waals surface area contributed by atoms with Crippen molar-refractivity contribution in [1.82, 2.24) is 15.2 Å². The fourth-order valence-electron chi connectivity index (χ4n) is 3.31. The topological polar surface area (TPSA) is 54.5 Å². The molecule has 3 rings (SSSR count). The number of likely N-dealkylation sites (tertiary alicyclic amines) is 1. The standard InChI is InChI=1S/C20H27N3O2S/c1-15-22-18(14-26-15)13-25-19-5-3-4-17(12-19)20(24)23-10-7-16(8-11-23)6-9-21-2/h3-5,12,14,16,21H,6-11,13H2,1-2H3. The Morgan fingerprint density at radius 2 is 2.19 bits per heavy atom. The SMILES string of the molecule is CNCCC1CCN(C(=O)c2cccc(OCc3csc(C)n3)c2)CC1. The summed E-state index contributed by atoms with van der Waals surface area (Å²) in [6, 6.07) is 7.48. The second kappa shape index (κ2) is 9.14. The predicted octanol–water partition coefficient (Wildman–Crippen LogP) is 3.49. The predicted molar refractivity (Wildman–Crippen MR) is 105 cm³/mol. The summed E-state index contributed by atoms with van der Waals surface area (Å²) in [7, 11) is 1.99. The smallest absolute Gasteiger partial charge is 0.253 e. The first-order chi connectivity index (χ1) is 12.7. The van der Waals surface area contributed by atoms with Gasteiger partial charge in [-0.25, -0.2) is 4.98 Å². The van der Waals surface area contributed by atoms with E-state index < -0.39 is 0 Å². The van der Waals surface area contributed by atoms with E-state index in [0.29, 0.717) is 17.9 Å². The van der Waals surface area contributed by atoms with Gasteiger partial charge < -0.3 is 15.0 Å². The van der Waals surface area contributed by atoms with Gasteiger partial charge in [0.1, 0.15) is 12.4 Å². The van der Waals surface area contributed by atoms with Gasteiger partial charge in [-0.3, -0.25) is 4.79 Å². The Morgan fingerprint density at radius 1 is 1.38 bits per heavy atom. The van der Waals surface area contributed by atoms with Crippen LogP contribution in [0.15, 0.2) is 29.6 Å². The molecule has 1 amide bonds. The van der Waals surface area contributed by atoms with Crippen molar-refractivity contribution in [3.8, 4) is 5.75 Å². The van der Waals surface area contributed by atoms with Crippen LogP contribution in [0.3, 0.4) is 0 Å². The van der Waals surface area contributed by atoms with Gasteiger partial charge in [0.25, 0.3) is 5.91 Å². The molecule has 0 bridgehead atoms. The van der Waals surface area contributed by atoms with Crippen molar-refractivity contribution >= 4 is 17.2 Å². The molecule has 1 aliphatic heterocycles. The summed E-state index contributed by atoms with van der Waals surface area (Å²) in [5.41, 5.74) is 1.62. The van der Waals surface area contributed by atoms with E-state index >= 15 is 0 Å². The molecule has 0 atom stereocenters. The van der Waals surface area contributed by atoms with Crippen LogP contribution in [0.2, 0.25) is 0 Å². The van der Waals surface area contributed by atoms with Gasteiger partial charge in [0.2, 0.25) is 0 Å². The minimum Gasteiger partial charge on any atom is -0.487 e. The summed E-state index contributed by atoms with van der Waals surface area (Å²) in [4.78, 5) is 19.2. The number of carbonyl (C=O) groups is 1. The first kappa shape index (κ1) is 18.9. The van der Waals surface area contributed by atoms with E-state index in [2.05, 4.69) is 10.3 Å². The Morgan fingerprint density at radius 3 is 2.88 bits per heavy atom. The molecule has 5 nitrogen and oxygen atoms in total. The van der Waals surface area contributed by atoms with Crippen LogP contribution in [-0.2, 0) is 6.61 Å². The number of carbonyl (C=O) groups excluding carboxylic acids is 1. The molecule has 1 aliphatic rings. The van der Waals surface area contributed by atoms with Crippen molar-refractivity contribution in [2.24, 2.45) is 5.92 Å². The molecule has 0 saturated carbocycles. The molecule has 0 aliphatic carbocycles. The maximum absolute atomic E-state index is 12.8. The highest BCUT2D eigenvalue weighted by Crippen LogP contribution is 2.23. The van der Waals surface area contributed by atoms with E-state index in [0.717, 1.165) is 49.1 Å². The Hall–Kier alpha value is -1.92. The number of piperidine rings is 1. The molecule has 1 fully saturated rings. The van der Waals surface area contributed by atoms with Gasteiger partial charge in [0, 0.05) is 24.0 Å². The molecule has 26 heavy (non-hydrogen) atoms. The minimum absolute atomic E-state index is 0.104. The van der Waals surface area contributed by atoms with E-state index in [4.69, 9.17) is 4.74 Å². The largest absolute Gasteiger partial charge is 0.487 e. The van der Waals surface area contributed by atoms with Gasteiger partial charge in [-0.1, -0.05) is 6.07 Å². The second-order valence-corrected chi connectivity index (χ2v) is 7.86. The highest BCUT2D eigenvalue weighted by molar-refractivity contribution is 7.09. The lowest BCUT2D eigenvalue weighted by Crippen LogP contribution is -2.38. The number of nitrogens with zero attached hydrogens (tertiary/aromatic N) is 2. The van der Waals surface area contributed by atoms with Crippen molar-refractivity contribution in [1.29, 1.82) is 0 Å². The van der Waals surface area contributed by atoms with Gasteiger partial charge in [-0.2, -0.15) is 0 Å². The van der Waals surface area contributed by atoms with E-state index in [9.17, 15) is 4.79 Å². The van der Waals surface area contributed by atoms with E-state index in [1.165, 1.54) is 6.42 Å². The number of hydrogen-bond acceptors (Lipinski definition) is 5. The summed E-state index contributed by atoms with van der Waals surface area (Å²) in [5, 5.41) is 6.24. The monoisotopic (exact) mass is 373 g/mol. The third-order valence-electron chi connectivity index (χ3n) is 4.84. The number of thiazole rings is 1. The van der Waals surface area contributed by atoms with Crippen molar-refractivity contribution in [3.63, 3.8) is 0 Å². The zero-order chi connectivity index (χ0) is 18.4. The lowest BCUT2D eigenvalue weighted by atomic mass is 9.93. The van der Waals surface area contributed by atoms with Gasteiger partial charge in [-0.05, 0) is 63.9 Å². The van der Waals surface area contributed by atoms with Crippen LogP contribution in [0.4, 0.5) is 0 Å². The van der Waals surface area contributed by atoms with Crippen LogP contribution < -0.4 is 10.1 Å². The van der Waals surface area contributed by atoms with E-state index in [1.807, 2.05) is 48.5 Å². The number of benzene rings is 1. The summed E-state index contributed by atoms with van der Waals surface area (Å²) in [5.74, 6) is 1.54. The third kappa shape index (κ3) is 5.05. The van der Waals surface area contributed by atoms with Gasteiger partial charge in [0.05, 0.1) is 10.7 Å². The molecule has 1 saturated heterocycles. The fraction of sp³-hybridized carbons (Fsp3) is 0.500. The number of aryl methyl sites for hydroxylation is 1. The number of nitrogens with one attached hydrogen (secondary N) is 1. The molecule has 0 radical (unpaired) electrons. The number of hydrogen-bond donors (Lipinski definition) is 1. The fourth-order valence-corrected chi connectivity index (χ4v) is 3.90. The molecule has 140 valence electrons. The second-order valence-electron chi connectivity index (χ2n) is 6.80. The number of ether oxygens (including phenoxy) is 1. The van der Waals surface area contributed by atoms with Crippen LogP contribution in [0.5, 0.6) is 5.75 Å². The maximum atomic E-state index is 12.8. The molecule has 1 aromatic carbocycles. The quantitative estimate of drug-likeness (QED) is 0.807. The van der Waals surface area contributed by atoms with Crippen LogP contribution in [0, 0.1) is 12.8 Å². The average molecular weight is 374 g/mol. The van der Waals surface area contributed by atoms with Crippen molar-refractivity contribution < 1.29 is 9.53 Å². The van der Waals surface area contributed by atoms with Crippen molar-refractivity contribution in [2.45, 2.75) is 32.8 Å².